The van der Waals surface area contributed by atoms with Crippen molar-refractivity contribution >= 4 is 23.5 Å². The first-order valence-corrected chi connectivity index (χ1v) is 9.51. The molecule has 0 radical (unpaired) electrons. The van der Waals surface area contributed by atoms with E-state index in [2.05, 4.69) is 5.32 Å². The van der Waals surface area contributed by atoms with Crippen LogP contribution in [0.4, 0.5) is 4.79 Å². The molecule has 6 nitrogen and oxygen atoms in total. The Labute approximate surface area is 169 Å². The number of halogens is 1. The predicted octanol–water partition coefficient (Wildman–Crippen LogP) is 3.59. The van der Waals surface area contributed by atoms with Crippen molar-refractivity contribution in [3.8, 4) is 5.75 Å². The number of carbonyl (C=O) groups is 2. The van der Waals surface area contributed by atoms with Gasteiger partial charge in [0.2, 0.25) is 0 Å². The van der Waals surface area contributed by atoms with Crippen LogP contribution in [0.3, 0.4) is 0 Å². The van der Waals surface area contributed by atoms with E-state index in [0.717, 1.165) is 16.9 Å². The van der Waals surface area contributed by atoms with Crippen molar-refractivity contribution in [1.29, 1.82) is 0 Å². The van der Waals surface area contributed by atoms with E-state index in [4.69, 9.17) is 21.1 Å². The van der Waals surface area contributed by atoms with Crippen LogP contribution in [0.5, 0.6) is 5.75 Å². The van der Waals surface area contributed by atoms with Crippen molar-refractivity contribution in [2.75, 3.05) is 20.3 Å². The molecule has 0 aliphatic carbocycles. The second-order valence-electron chi connectivity index (χ2n) is 6.52. The molecule has 7 heteroatoms. The quantitative estimate of drug-likeness (QED) is 0.685. The Morgan fingerprint density at radius 1 is 1.18 bits per heavy atom. The Balaban J connectivity index is 1.80. The summed E-state index contributed by atoms with van der Waals surface area (Å²) < 4.78 is 10.8. The number of rotatable bonds is 8. The van der Waals surface area contributed by atoms with Gasteiger partial charge in [0, 0.05) is 18.6 Å². The lowest BCUT2D eigenvalue weighted by molar-refractivity contribution is -0.130. The van der Waals surface area contributed by atoms with Gasteiger partial charge in [0.05, 0.1) is 19.3 Å². The summed E-state index contributed by atoms with van der Waals surface area (Å²) in [5.41, 5.74) is 1.69. The summed E-state index contributed by atoms with van der Waals surface area (Å²) in [6.45, 7) is 2.69. The van der Waals surface area contributed by atoms with Gasteiger partial charge in [0.15, 0.2) is 0 Å². The van der Waals surface area contributed by atoms with Gasteiger partial charge in [0.1, 0.15) is 11.8 Å². The van der Waals surface area contributed by atoms with Crippen molar-refractivity contribution in [2.45, 2.75) is 25.4 Å². The number of hydrogen-bond acceptors (Lipinski definition) is 4. The van der Waals surface area contributed by atoms with Crippen LogP contribution in [0.15, 0.2) is 48.5 Å². The summed E-state index contributed by atoms with van der Waals surface area (Å²) in [6, 6.07) is 13.0. The average Bonchev–Trinajstić information content (AvgIpc) is 2.94. The van der Waals surface area contributed by atoms with E-state index in [-0.39, 0.29) is 12.5 Å². The first-order chi connectivity index (χ1) is 13.5. The largest absolute Gasteiger partial charge is 0.494 e. The van der Waals surface area contributed by atoms with Gasteiger partial charge < -0.3 is 14.8 Å². The molecule has 3 rings (SSSR count). The van der Waals surface area contributed by atoms with Crippen molar-refractivity contribution in [3.05, 3.63) is 64.7 Å². The average molecular weight is 403 g/mol. The van der Waals surface area contributed by atoms with Gasteiger partial charge >= 0.3 is 6.03 Å². The molecule has 1 saturated heterocycles. The van der Waals surface area contributed by atoms with Crippen molar-refractivity contribution in [1.82, 2.24) is 10.2 Å². The van der Waals surface area contributed by atoms with Gasteiger partial charge in [-0.05, 0) is 42.3 Å². The first-order valence-electron chi connectivity index (χ1n) is 9.13. The number of amides is 3. The lowest BCUT2D eigenvalue weighted by Crippen LogP contribution is -2.37. The number of urea groups is 1. The van der Waals surface area contributed by atoms with E-state index in [1.54, 1.807) is 19.2 Å². The molecule has 3 amide bonds. The van der Waals surface area contributed by atoms with Crippen molar-refractivity contribution in [2.24, 2.45) is 0 Å². The predicted molar refractivity (Wildman–Crippen MR) is 107 cm³/mol. The highest BCUT2D eigenvalue weighted by Gasteiger charge is 2.42. The van der Waals surface area contributed by atoms with E-state index >= 15 is 0 Å². The Morgan fingerprint density at radius 3 is 2.57 bits per heavy atom. The lowest BCUT2D eigenvalue weighted by atomic mass is 10.0. The molecule has 1 aliphatic heterocycles. The van der Waals surface area contributed by atoms with Crippen LogP contribution < -0.4 is 10.1 Å². The maximum absolute atomic E-state index is 13.0. The minimum atomic E-state index is -0.631. The van der Waals surface area contributed by atoms with Gasteiger partial charge in [0.25, 0.3) is 5.91 Å². The minimum Gasteiger partial charge on any atom is -0.494 e. The smallest absolute Gasteiger partial charge is 0.325 e. The van der Waals surface area contributed by atoms with Crippen LogP contribution in [0, 0.1) is 0 Å². The Morgan fingerprint density at radius 2 is 1.93 bits per heavy atom. The monoisotopic (exact) mass is 402 g/mol. The highest BCUT2D eigenvalue weighted by Crippen LogP contribution is 2.28. The lowest BCUT2D eigenvalue weighted by Gasteiger charge is -2.25. The topological polar surface area (TPSA) is 67.9 Å². The molecular formula is C21H23ClN2O4. The molecule has 1 aliphatic rings. The highest BCUT2D eigenvalue weighted by atomic mass is 35.5. The molecule has 1 fully saturated rings. The molecule has 1 heterocycles. The zero-order chi connectivity index (χ0) is 20.1. The van der Waals surface area contributed by atoms with E-state index in [1.807, 2.05) is 43.3 Å². The van der Waals surface area contributed by atoms with Crippen LogP contribution in [0.1, 0.15) is 24.1 Å². The van der Waals surface area contributed by atoms with Crippen LogP contribution in [-0.4, -0.2) is 43.2 Å². The van der Waals surface area contributed by atoms with Crippen LogP contribution in [0.25, 0.3) is 0 Å². The summed E-state index contributed by atoms with van der Waals surface area (Å²) in [4.78, 5) is 26.8. The zero-order valence-corrected chi connectivity index (χ0v) is 16.6. The van der Waals surface area contributed by atoms with Gasteiger partial charge in [-0.15, -0.1) is 0 Å². The molecule has 1 N–H and O–H groups in total. The Bertz CT molecular complexity index is 841. The van der Waals surface area contributed by atoms with Gasteiger partial charge in [-0.25, -0.2) is 4.79 Å². The molecule has 2 aromatic carbocycles. The number of nitrogens with one attached hydrogen (secondary N) is 1. The number of nitrogens with zero attached hydrogens (tertiary/aromatic N) is 1. The van der Waals surface area contributed by atoms with Crippen LogP contribution in [-0.2, 0) is 16.0 Å². The molecule has 2 atom stereocenters. The van der Waals surface area contributed by atoms with E-state index in [0.29, 0.717) is 18.1 Å². The van der Waals surface area contributed by atoms with Crippen molar-refractivity contribution in [3.63, 3.8) is 0 Å². The normalized spacial score (nSPS) is 17.5. The summed E-state index contributed by atoms with van der Waals surface area (Å²) in [6.07, 6.45) is 0.380. The van der Waals surface area contributed by atoms with Gasteiger partial charge in [-0.1, -0.05) is 35.9 Å². The maximum atomic E-state index is 13.0. The second-order valence-corrected chi connectivity index (χ2v) is 6.95. The molecule has 0 unspecified atom stereocenters. The van der Waals surface area contributed by atoms with E-state index in [1.165, 1.54) is 4.90 Å². The number of ether oxygens (including phenoxy) is 2. The highest BCUT2D eigenvalue weighted by molar-refractivity contribution is 6.30. The molecule has 0 spiro atoms. The van der Waals surface area contributed by atoms with Crippen LogP contribution >= 0.6 is 11.6 Å². The molecule has 2 aromatic rings. The first kappa shape index (κ1) is 20.2. The molecular weight excluding hydrogens is 380 g/mol. The van der Waals surface area contributed by atoms with Crippen LogP contribution in [0.2, 0.25) is 5.02 Å². The molecule has 28 heavy (non-hydrogen) atoms. The number of methoxy groups -OCH3 is 1. The third-order valence-corrected chi connectivity index (χ3v) is 4.83. The zero-order valence-electron chi connectivity index (χ0n) is 15.9. The fourth-order valence-electron chi connectivity index (χ4n) is 3.31. The number of benzene rings is 2. The van der Waals surface area contributed by atoms with Crippen molar-refractivity contribution < 1.29 is 19.1 Å². The van der Waals surface area contributed by atoms with E-state index in [9.17, 15) is 9.59 Å². The minimum absolute atomic E-state index is 0.205. The summed E-state index contributed by atoms with van der Waals surface area (Å²) in [5, 5.41) is 3.37. The third kappa shape index (κ3) is 4.46. The number of imide groups is 1. The third-order valence-electron chi connectivity index (χ3n) is 4.59. The molecule has 0 aromatic heterocycles. The molecule has 148 valence electrons. The summed E-state index contributed by atoms with van der Waals surface area (Å²) in [5.74, 6) is 0.458. The maximum Gasteiger partial charge on any atom is 0.325 e. The van der Waals surface area contributed by atoms with E-state index < -0.39 is 18.1 Å². The Kier molecular flexibility index (Phi) is 6.54. The fraction of sp³-hybridized carbons (Fsp3) is 0.333. The molecule has 0 saturated carbocycles. The van der Waals surface area contributed by atoms with Gasteiger partial charge in [-0.3, -0.25) is 9.69 Å². The summed E-state index contributed by atoms with van der Waals surface area (Å²) in [7, 11) is 1.55. The van der Waals surface area contributed by atoms with Gasteiger partial charge in [-0.2, -0.15) is 0 Å². The molecule has 0 bridgehead atoms. The summed E-state index contributed by atoms with van der Waals surface area (Å²) >= 11 is 6.02. The Hall–Kier alpha value is -2.57. The standard InChI is InChI=1S/C21H23ClN2O4/c1-3-28-17-9-7-15(8-10-17)19(13-27-2)24-20(25)18(23-21(24)26)12-14-5-4-6-16(22)11-14/h4-11,18-19H,3,12-13H2,1-2H3,(H,23,26)/t18-,19+/m1/s1. The SMILES string of the molecule is CCOc1ccc([C@H](COC)N2C(=O)N[C@H](Cc3cccc(Cl)c3)C2=O)cc1. The fourth-order valence-corrected chi connectivity index (χ4v) is 3.52. The number of carbonyl (C=O) groups excluding carboxylic acids is 2. The second kappa shape index (κ2) is 9.08. The number of hydrogen-bond donors (Lipinski definition) is 1.